The van der Waals surface area contributed by atoms with E-state index in [9.17, 15) is 10.1 Å². The summed E-state index contributed by atoms with van der Waals surface area (Å²) in [5.41, 5.74) is 13.2. The van der Waals surface area contributed by atoms with Gasteiger partial charge in [0.15, 0.2) is 0 Å². The Morgan fingerprint density at radius 1 is 1.38 bits per heavy atom. The van der Waals surface area contributed by atoms with Gasteiger partial charge >= 0.3 is 0 Å². The molecule has 6 nitrogen and oxygen atoms in total. The van der Waals surface area contributed by atoms with Gasteiger partial charge in [-0.3, -0.25) is 4.79 Å². The molecule has 3 fully saturated rings. The average Bonchev–Trinajstić information content (AvgIpc) is 3.51. The van der Waals surface area contributed by atoms with Crippen molar-refractivity contribution < 1.29 is 4.39 Å². The lowest BCUT2D eigenvalue weighted by atomic mass is 10.0. The molecule has 7 heteroatoms. The number of anilines is 1. The summed E-state index contributed by atoms with van der Waals surface area (Å²) >= 11 is 0. The van der Waals surface area contributed by atoms with Gasteiger partial charge in [-0.1, -0.05) is 0 Å². The zero-order valence-corrected chi connectivity index (χ0v) is 14.3. The van der Waals surface area contributed by atoms with Crippen molar-refractivity contribution in [2.24, 2.45) is 17.4 Å². The van der Waals surface area contributed by atoms with Crippen LogP contribution in [0.4, 0.5) is 10.1 Å². The van der Waals surface area contributed by atoms with E-state index in [0.717, 1.165) is 19.3 Å². The van der Waals surface area contributed by atoms with E-state index in [2.05, 4.69) is 6.07 Å². The maximum Gasteiger partial charge on any atom is 0.251 e. The molecule has 0 spiro atoms. The fraction of sp³-hybridized carbons (Fsp3) is 0.474. The van der Waals surface area contributed by atoms with Crippen molar-refractivity contribution in [3.8, 4) is 6.07 Å². The summed E-state index contributed by atoms with van der Waals surface area (Å²) in [6.07, 6.45) is 2.74. The van der Waals surface area contributed by atoms with Gasteiger partial charge in [0.25, 0.3) is 5.56 Å². The number of pyridine rings is 1. The molecule has 2 aliphatic carbocycles. The van der Waals surface area contributed by atoms with E-state index < -0.39 is 5.82 Å². The van der Waals surface area contributed by atoms with E-state index in [1.54, 1.807) is 4.57 Å². The standard InChI is InChI=1S/C19H20FN5O/c20-15-4-13-10(6-21)3-16(26)25(12-1-2-12)17(13)14(7-22)18(15)24-8-11-5-19(11,23)9-24/h3-4,11-12H,1-2,5-6,8-9,21,23H2. The SMILES string of the molecule is N#Cc1c(N2CC3CC3(N)C2)c(F)cc2c(CN)cc(=O)n(C3CC3)c12. The topological polar surface area (TPSA) is 101 Å². The highest BCUT2D eigenvalue weighted by atomic mass is 19.1. The Balaban J connectivity index is 1.82. The monoisotopic (exact) mass is 353 g/mol. The second-order valence-electron chi connectivity index (χ2n) is 7.92. The molecule has 134 valence electrons. The molecule has 1 aromatic carbocycles. The number of aromatic nitrogens is 1. The lowest BCUT2D eigenvalue weighted by Gasteiger charge is -2.25. The molecular formula is C19H20FN5O. The summed E-state index contributed by atoms with van der Waals surface area (Å²) in [5.74, 6) is -0.0974. The number of rotatable bonds is 3. The van der Waals surface area contributed by atoms with Crippen molar-refractivity contribution in [1.82, 2.24) is 4.57 Å². The summed E-state index contributed by atoms with van der Waals surface area (Å²) in [6, 6.07) is 5.16. The number of fused-ring (bicyclic) bond motifs is 2. The first kappa shape index (κ1) is 15.8. The first-order valence-electron chi connectivity index (χ1n) is 9.01. The van der Waals surface area contributed by atoms with Gasteiger partial charge in [-0.15, -0.1) is 0 Å². The van der Waals surface area contributed by atoms with Crippen molar-refractivity contribution in [3.63, 3.8) is 0 Å². The molecule has 2 heterocycles. The van der Waals surface area contributed by atoms with Crippen molar-refractivity contribution in [2.75, 3.05) is 18.0 Å². The minimum atomic E-state index is -0.449. The zero-order valence-electron chi connectivity index (χ0n) is 14.3. The predicted octanol–water partition coefficient (Wildman–Crippen LogP) is 1.34. The van der Waals surface area contributed by atoms with E-state index in [1.165, 1.54) is 12.1 Å². The van der Waals surface area contributed by atoms with Crippen LogP contribution in [0.1, 0.15) is 36.4 Å². The summed E-state index contributed by atoms with van der Waals surface area (Å²) in [6.45, 7) is 1.31. The molecule has 1 aromatic heterocycles. The summed E-state index contributed by atoms with van der Waals surface area (Å²) in [4.78, 5) is 14.5. The van der Waals surface area contributed by atoms with E-state index >= 15 is 4.39 Å². The first-order valence-corrected chi connectivity index (χ1v) is 9.01. The predicted molar refractivity (Wildman–Crippen MR) is 96.3 cm³/mol. The van der Waals surface area contributed by atoms with Gasteiger partial charge in [-0.25, -0.2) is 4.39 Å². The fourth-order valence-electron chi connectivity index (χ4n) is 4.51. The molecule has 4 N–H and O–H groups in total. The highest BCUT2D eigenvalue weighted by Crippen LogP contribution is 2.50. The second kappa shape index (κ2) is 5.06. The highest BCUT2D eigenvalue weighted by Gasteiger charge is 2.57. The molecule has 0 radical (unpaired) electrons. The van der Waals surface area contributed by atoms with Gasteiger partial charge in [0.2, 0.25) is 0 Å². The van der Waals surface area contributed by atoms with Crippen LogP contribution in [-0.2, 0) is 6.54 Å². The van der Waals surface area contributed by atoms with E-state index in [-0.39, 0.29) is 34.9 Å². The van der Waals surface area contributed by atoms with E-state index in [0.29, 0.717) is 35.5 Å². The molecule has 0 amide bonds. The Labute approximate surface area is 149 Å². The van der Waals surface area contributed by atoms with Crippen LogP contribution in [0.5, 0.6) is 0 Å². The number of nitrogens with two attached hydrogens (primary N) is 2. The number of nitrogens with zero attached hydrogens (tertiary/aromatic N) is 3. The highest BCUT2D eigenvalue weighted by molar-refractivity contribution is 5.93. The van der Waals surface area contributed by atoms with Crippen LogP contribution in [0.3, 0.4) is 0 Å². The van der Waals surface area contributed by atoms with Crippen LogP contribution < -0.4 is 21.9 Å². The Morgan fingerprint density at radius 2 is 2.15 bits per heavy atom. The molecular weight excluding hydrogens is 333 g/mol. The van der Waals surface area contributed by atoms with Crippen molar-refractivity contribution in [2.45, 2.75) is 37.4 Å². The number of hydrogen-bond donors (Lipinski definition) is 2. The first-order chi connectivity index (χ1) is 12.5. The molecule has 0 bridgehead atoms. The normalized spacial score (nSPS) is 26.8. The summed E-state index contributed by atoms with van der Waals surface area (Å²) < 4.78 is 16.7. The molecule has 2 aromatic rings. The molecule has 3 aliphatic rings. The van der Waals surface area contributed by atoms with Crippen LogP contribution in [0.2, 0.25) is 0 Å². The Bertz CT molecular complexity index is 1050. The molecule has 1 saturated heterocycles. The average molecular weight is 353 g/mol. The number of benzene rings is 1. The zero-order chi connectivity index (χ0) is 18.2. The fourth-order valence-corrected chi connectivity index (χ4v) is 4.51. The van der Waals surface area contributed by atoms with Gasteiger partial charge < -0.3 is 20.9 Å². The van der Waals surface area contributed by atoms with Crippen LogP contribution in [0.15, 0.2) is 16.9 Å². The number of piperidine rings is 1. The van der Waals surface area contributed by atoms with Gasteiger partial charge in [0.05, 0.1) is 11.2 Å². The molecule has 2 unspecified atom stereocenters. The molecule has 26 heavy (non-hydrogen) atoms. The van der Waals surface area contributed by atoms with Crippen molar-refractivity contribution in [1.29, 1.82) is 5.26 Å². The van der Waals surface area contributed by atoms with Crippen LogP contribution >= 0.6 is 0 Å². The van der Waals surface area contributed by atoms with Crippen LogP contribution in [0, 0.1) is 23.1 Å². The maximum atomic E-state index is 15.1. The lowest BCUT2D eigenvalue weighted by Crippen LogP contribution is -2.34. The maximum absolute atomic E-state index is 15.1. The van der Waals surface area contributed by atoms with Crippen molar-refractivity contribution in [3.05, 3.63) is 39.4 Å². The second-order valence-corrected chi connectivity index (χ2v) is 7.92. The minimum Gasteiger partial charge on any atom is -0.366 e. The Hall–Kier alpha value is -2.43. The largest absolute Gasteiger partial charge is 0.366 e. The summed E-state index contributed by atoms with van der Waals surface area (Å²) in [5, 5.41) is 10.5. The summed E-state index contributed by atoms with van der Waals surface area (Å²) in [7, 11) is 0. The van der Waals surface area contributed by atoms with Gasteiger partial charge in [0.1, 0.15) is 17.4 Å². The minimum absolute atomic E-state index is 0.0788. The van der Waals surface area contributed by atoms with Crippen molar-refractivity contribution >= 4 is 16.6 Å². The van der Waals surface area contributed by atoms with Gasteiger partial charge in [-0.2, -0.15) is 5.26 Å². The van der Waals surface area contributed by atoms with Crippen LogP contribution in [0.25, 0.3) is 10.9 Å². The lowest BCUT2D eigenvalue weighted by molar-refractivity contribution is 0.616. The molecule has 2 atom stereocenters. The smallest absolute Gasteiger partial charge is 0.251 e. The number of halogens is 1. The van der Waals surface area contributed by atoms with Gasteiger partial charge in [0, 0.05) is 42.7 Å². The molecule has 2 saturated carbocycles. The third-order valence-corrected chi connectivity index (χ3v) is 6.11. The number of nitriles is 1. The van der Waals surface area contributed by atoms with E-state index in [1.807, 2.05) is 4.90 Å². The van der Waals surface area contributed by atoms with E-state index in [4.69, 9.17) is 11.5 Å². The Morgan fingerprint density at radius 3 is 2.73 bits per heavy atom. The molecule has 5 rings (SSSR count). The quantitative estimate of drug-likeness (QED) is 0.867. The third kappa shape index (κ3) is 2.06. The third-order valence-electron chi connectivity index (χ3n) is 6.11. The number of hydrogen-bond acceptors (Lipinski definition) is 5. The van der Waals surface area contributed by atoms with Gasteiger partial charge in [-0.05, 0) is 36.8 Å². The molecule has 1 aliphatic heterocycles. The Kier molecular flexibility index (Phi) is 3.07. The van der Waals surface area contributed by atoms with Crippen LogP contribution in [-0.4, -0.2) is 23.2 Å².